The summed E-state index contributed by atoms with van der Waals surface area (Å²) >= 11 is 0. The van der Waals surface area contributed by atoms with E-state index < -0.39 is 6.10 Å². The largest absolute Gasteiger partial charge is 0.469 e. The van der Waals surface area contributed by atoms with Crippen molar-refractivity contribution in [1.29, 1.82) is 0 Å². The predicted octanol–water partition coefficient (Wildman–Crippen LogP) is 3.95. The molecular formula is C23H38O5. The van der Waals surface area contributed by atoms with Gasteiger partial charge in [0, 0.05) is 24.7 Å². The lowest BCUT2D eigenvalue weighted by molar-refractivity contribution is -0.140. The van der Waals surface area contributed by atoms with E-state index in [1.54, 1.807) is 0 Å². The minimum atomic E-state index is -0.604. The van der Waals surface area contributed by atoms with Gasteiger partial charge in [0.25, 0.3) is 0 Å². The van der Waals surface area contributed by atoms with Crippen molar-refractivity contribution in [1.82, 2.24) is 0 Å². The molecule has 2 aliphatic rings. The zero-order chi connectivity index (χ0) is 20.6. The number of methoxy groups -OCH3 is 1. The molecule has 2 aliphatic carbocycles. The first-order valence-corrected chi connectivity index (χ1v) is 11.0. The van der Waals surface area contributed by atoms with Crippen molar-refractivity contribution >= 4 is 11.8 Å². The summed E-state index contributed by atoms with van der Waals surface area (Å²) in [5.74, 6) is -0.273. The van der Waals surface area contributed by atoms with Crippen LogP contribution in [0.3, 0.4) is 0 Å². The summed E-state index contributed by atoms with van der Waals surface area (Å²) in [6.45, 7) is 2.16. The monoisotopic (exact) mass is 394 g/mol. The molecule has 28 heavy (non-hydrogen) atoms. The van der Waals surface area contributed by atoms with Gasteiger partial charge < -0.3 is 14.9 Å². The van der Waals surface area contributed by atoms with Gasteiger partial charge in [-0.2, -0.15) is 0 Å². The van der Waals surface area contributed by atoms with Gasteiger partial charge in [-0.25, -0.2) is 0 Å². The molecule has 0 saturated heterocycles. The smallest absolute Gasteiger partial charge is 0.305 e. The first kappa shape index (κ1) is 23.1. The maximum absolute atomic E-state index is 12.3. The molecule has 0 aliphatic heterocycles. The molecule has 0 amide bonds. The molecule has 4 atom stereocenters. The second-order valence-corrected chi connectivity index (χ2v) is 8.99. The van der Waals surface area contributed by atoms with Gasteiger partial charge in [-0.05, 0) is 37.5 Å². The standard InChI is InChI=1S/C23H38O5/c1-23(14-7-8-15-23)21(26)12-9-11-18-17(19(24)16-20(18)25)10-5-3-4-6-13-22(27)28-2/h9,11,17-18,20-21,25-26H,3-8,10,12-16H2,1-2H3/b11-9+/t17-,18-,20-,21-/m1/s1. The Labute approximate surface area is 169 Å². The van der Waals surface area contributed by atoms with Crippen LogP contribution in [0.5, 0.6) is 0 Å². The van der Waals surface area contributed by atoms with Crippen molar-refractivity contribution in [3.05, 3.63) is 12.2 Å². The van der Waals surface area contributed by atoms with Gasteiger partial charge in [0.15, 0.2) is 0 Å². The minimum Gasteiger partial charge on any atom is -0.469 e. The molecule has 5 nitrogen and oxygen atoms in total. The van der Waals surface area contributed by atoms with Crippen LogP contribution in [0.1, 0.15) is 84.0 Å². The molecule has 0 aromatic heterocycles. The van der Waals surface area contributed by atoms with E-state index in [2.05, 4.69) is 11.7 Å². The number of hydrogen-bond acceptors (Lipinski definition) is 5. The maximum atomic E-state index is 12.3. The Balaban J connectivity index is 1.76. The van der Waals surface area contributed by atoms with E-state index in [4.69, 9.17) is 0 Å². The summed E-state index contributed by atoms with van der Waals surface area (Å²) < 4.78 is 4.63. The first-order chi connectivity index (χ1) is 13.4. The Bertz CT molecular complexity index is 535. The predicted molar refractivity (Wildman–Crippen MR) is 109 cm³/mol. The number of aliphatic hydroxyl groups is 2. The first-order valence-electron chi connectivity index (χ1n) is 11.0. The Morgan fingerprint density at radius 2 is 1.93 bits per heavy atom. The molecule has 0 aromatic carbocycles. The molecule has 0 aromatic rings. The summed E-state index contributed by atoms with van der Waals surface area (Å²) in [5.41, 5.74) is 0.0120. The van der Waals surface area contributed by atoms with Crippen molar-refractivity contribution in [3.8, 4) is 0 Å². The summed E-state index contributed by atoms with van der Waals surface area (Å²) in [4.78, 5) is 23.4. The Kier molecular flexibility index (Phi) is 9.16. The van der Waals surface area contributed by atoms with E-state index in [0.29, 0.717) is 12.8 Å². The van der Waals surface area contributed by atoms with E-state index in [1.807, 2.05) is 12.2 Å². The number of unbranched alkanes of at least 4 members (excludes halogenated alkanes) is 3. The quantitative estimate of drug-likeness (QED) is 0.315. The van der Waals surface area contributed by atoms with Gasteiger partial charge in [0.2, 0.25) is 0 Å². The Morgan fingerprint density at radius 1 is 1.25 bits per heavy atom. The molecule has 2 rings (SSSR count). The van der Waals surface area contributed by atoms with E-state index in [0.717, 1.165) is 44.9 Å². The Hall–Kier alpha value is -1.20. The molecular weight excluding hydrogens is 356 g/mol. The summed E-state index contributed by atoms with van der Waals surface area (Å²) in [6.07, 6.45) is 13.2. The van der Waals surface area contributed by atoms with Crippen molar-refractivity contribution in [2.45, 2.75) is 96.2 Å². The van der Waals surface area contributed by atoms with Crippen LogP contribution >= 0.6 is 0 Å². The molecule has 160 valence electrons. The van der Waals surface area contributed by atoms with Crippen LogP contribution in [0.4, 0.5) is 0 Å². The average molecular weight is 395 g/mol. The molecule has 2 N–H and O–H groups in total. The molecule has 0 spiro atoms. The topological polar surface area (TPSA) is 83.8 Å². The molecule has 0 heterocycles. The van der Waals surface area contributed by atoms with Gasteiger partial charge in [-0.3, -0.25) is 9.59 Å². The third-order valence-corrected chi connectivity index (χ3v) is 6.87. The third kappa shape index (κ3) is 6.41. The lowest BCUT2D eigenvalue weighted by Gasteiger charge is -2.29. The SMILES string of the molecule is COC(=O)CCCCCC[C@H]1C(=O)C[C@@H](O)[C@@H]1/C=C/C[C@@H](O)C1(C)CCCC1. The molecule has 5 heteroatoms. The number of Topliss-reactive ketones (excluding diaryl/α,β-unsaturated/α-hetero) is 1. The second kappa shape index (κ2) is 11.1. The van der Waals surface area contributed by atoms with Crippen LogP contribution in [0.2, 0.25) is 0 Å². The lowest BCUT2D eigenvalue weighted by Crippen LogP contribution is -2.29. The number of esters is 1. The number of hydrogen-bond donors (Lipinski definition) is 2. The van der Waals surface area contributed by atoms with E-state index in [1.165, 1.54) is 20.0 Å². The highest BCUT2D eigenvalue weighted by Crippen LogP contribution is 2.42. The Morgan fingerprint density at radius 3 is 2.61 bits per heavy atom. The fourth-order valence-electron chi connectivity index (χ4n) is 4.85. The van der Waals surface area contributed by atoms with Crippen molar-refractivity contribution in [2.24, 2.45) is 17.3 Å². The molecule has 2 saturated carbocycles. The lowest BCUT2D eigenvalue weighted by atomic mass is 9.80. The number of carbonyl (C=O) groups is 2. The zero-order valence-corrected chi connectivity index (χ0v) is 17.6. The highest BCUT2D eigenvalue weighted by atomic mass is 16.5. The fourth-order valence-corrected chi connectivity index (χ4v) is 4.85. The minimum absolute atomic E-state index is 0.0120. The summed E-state index contributed by atoms with van der Waals surface area (Å²) in [7, 11) is 1.40. The van der Waals surface area contributed by atoms with Crippen LogP contribution in [-0.4, -0.2) is 41.3 Å². The van der Waals surface area contributed by atoms with Crippen LogP contribution in [-0.2, 0) is 14.3 Å². The molecule has 0 bridgehead atoms. The van der Waals surface area contributed by atoms with Gasteiger partial charge in [-0.15, -0.1) is 0 Å². The highest BCUT2D eigenvalue weighted by Gasteiger charge is 2.39. The average Bonchev–Trinajstić information content (AvgIpc) is 3.22. The van der Waals surface area contributed by atoms with Crippen molar-refractivity contribution in [2.75, 3.05) is 7.11 Å². The maximum Gasteiger partial charge on any atom is 0.305 e. The number of ketones is 1. The van der Waals surface area contributed by atoms with Crippen molar-refractivity contribution < 1.29 is 24.5 Å². The third-order valence-electron chi connectivity index (χ3n) is 6.87. The van der Waals surface area contributed by atoms with Gasteiger partial charge >= 0.3 is 5.97 Å². The summed E-state index contributed by atoms with van der Waals surface area (Å²) in [5, 5.41) is 20.8. The zero-order valence-electron chi connectivity index (χ0n) is 17.6. The van der Waals surface area contributed by atoms with Crippen LogP contribution in [0.15, 0.2) is 12.2 Å². The molecule has 2 fully saturated rings. The van der Waals surface area contributed by atoms with Gasteiger partial charge in [0.05, 0.1) is 19.3 Å². The van der Waals surface area contributed by atoms with E-state index in [9.17, 15) is 19.8 Å². The van der Waals surface area contributed by atoms with Crippen molar-refractivity contribution in [3.63, 3.8) is 0 Å². The summed E-state index contributed by atoms with van der Waals surface area (Å²) in [6, 6.07) is 0. The number of rotatable bonds is 11. The number of aliphatic hydroxyl groups excluding tert-OH is 2. The fraction of sp³-hybridized carbons (Fsp3) is 0.826. The van der Waals surface area contributed by atoms with Gasteiger partial charge in [-0.1, -0.05) is 51.2 Å². The molecule has 0 radical (unpaired) electrons. The van der Waals surface area contributed by atoms with Gasteiger partial charge in [0.1, 0.15) is 5.78 Å². The number of ether oxygens (including phenoxy) is 1. The van der Waals surface area contributed by atoms with E-state index in [-0.39, 0.29) is 41.5 Å². The molecule has 0 unspecified atom stereocenters. The second-order valence-electron chi connectivity index (χ2n) is 8.99. The normalized spacial score (nSPS) is 28.1. The van der Waals surface area contributed by atoms with E-state index >= 15 is 0 Å². The highest BCUT2D eigenvalue weighted by molar-refractivity contribution is 5.84. The number of carbonyl (C=O) groups excluding carboxylic acids is 2. The van der Waals surface area contributed by atoms with Crippen LogP contribution in [0, 0.1) is 17.3 Å². The van der Waals surface area contributed by atoms with Crippen LogP contribution < -0.4 is 0 Å². The van der Waals surface area contributed by atoms with Crippen LogP contribution in [0.25, 0.3) is 0 Å².